The van der Waals surface area contributed by atoms with Crippen molar-refractivity contribution in [3.63, 3.8) is 0 Å². The molecule has 0 aliphatic carbocycles. The van der Waals surface area contributed by atoms with Gasteiger partial charge in [0.05, 0.1) is 6.54 Å². The van der Waals surface area contributed by atoms with E-state index in [-0.39, 0.29) is 0 Å². The summed E-state index contributed by atoms with van der Waals surface area (Å²) in [5.74, 6) is 0.985. The summed E-state index contributed by atoms with van der Waals surface area (Å²) in [4.78, 5) is 6.62. The Morgan fingerprint density at radius 3 is 2.84 bits per heavy atom. The quantitative estimate of drug-likeness (QED) is 0.809. The molecule has 0 unspecified atom stereocenters. The largest absolute Gasteiger partial charge is 0.399 e. The Balaban J connectivity index is 2.21. The van der Waals surface area contributed by atoms with E-state index in [0.29, 0.717) is 0 Å². The van der Waals surface area contributed by atoms with Gasteiger partial charge in [-0.2, -0.15) is 5.10 Å². The molecular weight excluding hydrogens is 238 g/mol. The van der Waals surface area contributed by atoms with Gasteiger partial charge in [0, 0.05) is 24.5 Å². The van der Waals surface area contributed by atoms with Gasteiger partial charge >= 0.3 is 0 Å². The van der Waals surface area contributed by atoms with Gasteiger partial charge < -0.3 is 10.6 Å². The van der Waals surface area contributed by atoms with Gasteiger partial charge in [-0.1, -0.05) is 13.0 Å². The second kappa shape index (κ2) is 6.22. The number of rotatable bonds is 6. The average Bonchev–Trinajstić information content (AvgIpc) is 2.85. The summed E-state index contributed by atoms with van der Waals surface area (Å²) >= 11 is 0. The normalized spacial score (nSPS) is 10.6. The van der Waals surface area contributed by atoms with E-state index in [1.54, 1.807) is 6.33 Å². The maximum Gasteiger partial charge on any atom is 0.146 e. The highest BCUT2D eigenvalue weighted by Crippen LogP contribution is 2.19. The lowest BCUT2D eigenvalue weighted by atomic mass is 10.2. The first-order valence-corrected chi connectivity index (χ1v) is 6.71. The number of aromatic nitrogens is 3. The van der Waals surface area contributed by atoms with E-state index >= 15 is 0 Å². The van der Waals surface area contributed by atoms with Crippen molar-refractivity contribution in [1.29, 1.82) is 0 Å². The molecule has 5 nitrogen and oxygen atoms in total. The van der Waals surface area contributed by atoms with E-state index < -0.39 is 0 Å². The van der Waals surface area contributed by atoms with Gasteiger partial charge in [-0.05, 0) is 31.5 Å². The van der Waals surface area contributed by atoms with Crippen LogP contribution in [0.1, 0.15) is 26.1 Å². The Labute approximate surface area is 114 Å². The van der Waals surface area contributed by atoms with Crippen LogP contribution < -0.4 is 10.6 Å². The Morgan fingerprint density at radius 1 is 1.32 bits per heavy atom. The van der Waals surface area contributed by atoms with Crippen LogP contribution in [0.25, 0.3) is 0 Å². The van der Waals surface area contributed by atoms with Gasteiger partial charge in [-0.15, -0.1) is 0 Å². The van der Waals surface area contributed by atoms with Crippen molar-refractivity contribution in [3.8, 4) is 0 Å². The second-order valence-corrected chi connectivity index (χ2v) is 4.51. The van der Waals surface area contributed by atoms with Gasteiger partial charge in [0.1, 0.15) is 12.2 Å². The number of nitrogens with zero attached hydrogens (tertiary/aromatic N) is 4. The monoisotopic (exact) mass is 259 g/mol. The molecule has 2 rings (SSSR count). The lowest BCUT2D eigenvalue weighted by Crippen LogP contribution is -2.25. The van der Waals surface area contributed by atoms with E-state index in [0.717, 1.165) is 43.3 Å². The summed E-state index contributed by atoms with van der Waals surface area (Å²) in [6, 6.07) is 7.97. The first-order chi connectivity index (χ1) is 9.24. The summed E-state index contributed by atoms with van der Waals surface area (Å²) in [5, 5.41) is 4.21. The molecule has 0 aliphatic heterocycles. The minimum Gasteiger partial charge on any atom is -0.399 e. The molecule has 5 heteroatoms. The molecule has 1 heterocycles. The maximum absolute atomic E-state index is 5.86. The van der Waals surface area contributed by atoms with Crippen LogP contribution in [-0.2, 0) is 13.1 Å². The fourth-order valence-electron chi connectivity index (χ4n) is 2.14. The fourth-order valence-corrected chi connectivity index (χ4v) is 2.14. The van der Waals surface area contributed by atoms with E-state index in [4.69, 9.17) is 5.73 Å². The van der Waals surface area contributed by atoms with Gasteiger partial charge in [0.25, 0.3) is 0 Å². The minimum atomic E-state index is 0.755. The van der Waals surface area contributed by atoms with Crippen molar-refractivity contribution >= 4 is 11.4 Å². The molecule has 0 bridgehead atoms. The van der Waals surface area contributed by atoms with Crippen LogP contribution in [0.4, 0.5) is 11.4 Å². The number of hydrogen-bond acceptors (Lipinski definition) is 4. The zero-order chi connectivity index (χ0) is 13.7. The van der Waals surface area contributed by atoms with Gasteiger partial charge in [-0.25, -0.2) is 9.67 Å². The topological polar surface area (TPSA) is 60.0 Å². The van der Waals surface area contributed by atoms with Crippen molar-refractivity contribution in [3.05, 3.63) is 36.4 Å². The zero-order valence-electron chi connectivity index (χ0n) is 11.6. The highest BCUT2D eigenvalue weighted by Gasteiger charge is 2.11. The summed E-state index contributed by atoms with van der Waals surface area (Å²) in [6.07, 6.45) is 2.69. The SMILES string of the molecule is CCCN(Cc1ncnn1CC)c1cccc(N)c1. The van der Waals surface area contributed by atoms with Gasteiger partial charge in [0.15, 0.2) is 0 Å². The summed E-state index contributed by atoms with van der Waals surface area (Å²) in [5.41, 5.74) is 7.78. The maximum atomic E-state index is 5.86. The van der Waals surface area contributed by atoms with Crippen LogP contribution in [0, 0.1) is 0 Å². The second-order valence-electron chi connectivity index (χ2n) is 4.51. The average molecular weight is 259 g/mol. The van der Waals surface area contributed by atoms with E-state index in [1.807, 2.05) is 22.9 Å². The number of nitrogens with two attached hydrogens (primary N) is 1. The molecule has 2 N–H and O–H groups in total. The first-order valence-electron chi connectivity index (χ1n) is 6.71. The molecular formula is C14H21N5. The van der Waals surface area contributed by atoms with E-state index in [9.17, 15) is 0 Å². The molecule has 0 aliphatic rings. The third-order valence-corrected chi connectivity index (χ3v) is 3.06. The number of hydrogen-bond donors (Lipinski definition) is 1. The summed E-state index contributed by atoms with van der Waals surface area (Å²) < 4.78 is 1.93. The molecule has 0 fully saturated rings. The highest BCUT2D eigenvalue weighted by atomic mass is 15.3. The van der Waals surface area contributed by atoms with E-state index in [2.05, 4.69) is 34.9 Å². The fraction of sp³-hybridized carbons (Fsp3) is 0.429. The molecule has 0 saturated heterocycles. The van der Waals surface area contributed by atoms with Crippen LogP contribution in [0.5, 0.6) is 0 Å². The van der Waals surface area contributed by atoms with Crippen molar-refractivity contribution in [2.75, 3.05) is 17.2 Å². The molecule has 0 saturated carbocycles. The Morgan fingerprint density at radius 2 is 2.16 bits per heavy atom. The molecule has 0 atom stereocenters. The van der Waals surface area contributed by atoms with Crippen LogP contribution >= 0.6 is 0 Å². The standard InChI is InChI=1S/C14H21N5/c1-3-8-18(13-7-5-6-12(15)9-13)10-14-16-11-17-19(14)4-2/h5-7,9,11H,3-4,8,10,15H2,1-2H3. The lowest BCUT2D eigenvalue weighted by Gasteiger charge is -2.24. The van der Waals surface area contributed by atoms with Crippen molar-refractivity contribution in [2.45, 2.75) is 33.4 Å². The minimum absolute atomic E-state index is 0.755. The first kappa shape index (κ1) is 13.4. The number of aryl methyl sites for hydroxylation is 1. The van der Waals surface area contributed by atoms with Gasteiger partial charge in [0.2, 0.25) is 0 Å². The molecule has 0 amide bonds. The predicted molar refractivity (Wildman–Crippen MR) is 77.9 cm³/mol. The van der Waals surface area contributed by atoms with Crippen LogP contribution in [0.2, 0.25) is 0 Å². The van der Waals surface area contributed by atoms with E-state index in [1.165, 1.54) is 0 Å². The molecule has 0 spiro atoms. The molecule has 1 aromatic carbocycles. The Bertz CT molecular complexity index is 520. The van der Waals surface area contributed by atoms with Crippen LogP contribution in [-0.4, -0.2) is 21.3 Å². The number of nitrogen functional groups attached to an aromatic ring is 1. The van der Waals surface area contributed by atoms with Crippen molar-refractivity contribution in [1.82, 2.24) is 14.8 Å². The zero-order valence-corrected chi connectivity index (χ0v) is 11.6. The predicted octanol–water partition coefficient (Wildman–Crippen LogP) is 2.30. The van der Waals surface area contributed by atoms with Crippen molar-refractivity contribution < 1.29 is 0 Å². The van der Waals surface area contributed by atoms with Crippen LogP contribution in [0.15, 0.2) is 30.6 Å². The molecule has 19 heavy (non-hydrogen) atoms. The number of benzene rings is 1. The molecule has 1 aromatic heterocycles. The smallest absolute Gasteiger partial charge is 0.146 e. The van der Waals surface area contributed by atoms with Crippen LogP contribution in [0.3, 0.4) is 0 Å². The third kappa shape index (κ3) is 3.24. The van der Waals surface area contributed by atoms with Crippen molar-refractivity contribution in [2.24, 2.45) is 0 Å². The molecule has 2 aromatic rings. The summed E-state index contributed by atoms with van der Waals surface area (Å²) in [7, 11) is 0. The van der Waals surface area contributed by atoms with Gasteiger partial charge in [-0.3, -0.25) is 0 Å². The lowest BCUT2D eigenvalue weighted by molar-refractivity contribution is 0.599. The highest BCUT2D eigenvalue weighted by molar-refractivity contribution is 5.55. The Kier molecular flexibility index (Phi) is 4.39. The molecule has 102 valence electrons. The summed E-state index contributed by atoms with van der Waals surface area (Å²) in [6.45, 7) is 6.81. The number of anilines is 2. The Hall–Kier alpha value is -2.04. The third-order valence-electron chi connectivity index (χ3n) is 3.06. The molecule has 0 radical (unpaired) electrons.